The number of rotatable bonds is 5. The van der Waals surface area contributed by atoms with Crippen molar-refractivity contribution in [1.82, 2.24) is 15.3 Å². The van der Waals surface area contributed by atoms with Gasteiger partial charge in [0.15, 0.2) is 0 Å². The Hall–Kier alpha value is -3.28. The van der Waals surface area contributed by atoms with Crippen LogP contribution in [0.2, 0.25) is 0 Å². The summed E-state index contributed by atoms with van der Waals surface area (Å²) in [5.74, 6) is -0.338. The summed E-state index contributed by atoms with van der Waals surface area (Å²) in [7, 11) is 0. The van der Waals surface area contributed by atoms with E-state index in [0.29, 0.717) is 12.2 Å². The van der Waals surface area contributed by atoms with Crippen LogP contribution in [0.1, 0.15) is 21.6 Å². The third-order valence-electron chi connectivity index (χ3n) is 3.56. The average molecular weight is 336 g/mol. The van der Waals surface area contributed by atoms with Crippen LogP contribution in [-0.4, -0.2) is 15.9 Å². The molecule has 1 amide bonds. The third-order valence-corrected chi connectivity index (χ3v) is 3.56. The molecule has 0 bridgehead atoms. The zero-order chi connectivity index (χ0) is 17.6. The minimum absolute atomic E-state index is 0.256. The number of aryl methyl sites for hydroxylation is 1. The number of nitrogens with one attached hydrogen (secondary N) is 2. The van der Waals surface area contributed by atoms with E-state index in [1.165, 1.54) is 23.9 Å². The number of benzene rings is 2. The molecule has 0 aliphatic rings. The van der Waals surface area contributed by atoms with Gasteiger partial charge in [0.2, 0.25) is 5.95 Å². The van der Waals surface area contributed by atoms with Gasteiger partial charge in [-0.3, -0.25) is 4.79 Å². The Bertz CT molecular complexity index is 863. The van der Waals surface area contributed by atoms with Gasteiger partial charge >= 0.3 is 0 Å². The molecule has 2 N–H and O–H groups in total. The largest absolute Gasteiger partial charge is 0.347 e. The zero-order valence-electron chi connectivity index (χ0n) is 13.7. The highest BCUT2D eigenvalue weighted by Gasteiger charge is 2.09. The Morgan fingerprint density at radius 3 is 2.48 bits per heavy atom. The first-order valence-corrected chi connectivity index (χ1v) is 7.79. The molecule has 3 aromatic rings. The Balaban J connectivity index is 1.64. The van der Waals surface area contributed by atoms with Crippen LogP contribution in [0, 0.1) is 12.7 Å². The fourth-order valence-electron chi connectivity index (χ4n) is 2.19. The summed E-state index contributed by atoms with van der Waals surface area (Å²) in [6.45, 7) is 2.43. The summed E-state index contributed by atoms with van der Waals surface area (Å²) in [6.07, 6.45) is 1.50. The first-order valence-electron chi connectivity index (χ1n) is 7.79. The molecule has 2 aromatic carbocycles. The molecule has 6 heteroatoms. The van der Waals surface area contributed by atoms with Crippen molar-refractivity contribution in [3.05, 3.63) is 83.4 Å². The van der Waals surface area contributed by atoms with Crippen molar-refractivity contribution in [1.29, 1.82) is 0 Å². The van der Waals surface area contributed by atoms with Crippen molar-refractivity contribution in [2.45, 2.75) is 13.5 Å². The van der Waals surface area contributed by atoms with Gasteiger partial charge in [0.1, 0.15) is 11.5 Å². The van der Waals surface area contributed by atoms with Gasteiger partial charge in [0.05, 0.1) is 0 Å². The smallest absolute Gasteiger partial charge is 0.270 e. The number of amides is 1. The van der Waals surface area contributed by atoms with Crippen molar-refractivity contribution >= 4 is 17.5 Å². The number of aromatic nitrogens is 2. The van der Waals surface area contributed by atoms with E-state index in [4.69, 9.17) is 0 Å². The summed E-state index contributed by atoms with van der Waals surface area (Å²) in [4.78, 5) is 20.5. The average Bonchev–Trinajstić information content (AvgIpc) is 2.63. The summed E-state index contributed by atoms with van der Waals surface area (Å²) < 4.78 is 12.9. The molecule has 5 nitrogen and oxygen atoms in total. The fourth-order valence-corrected chi connectivity index (χ4v) is 2.19. The molecule has 0 spiro atoms. The van der Waals surface area contributed by atoms with Gasteiger partial charge in [-0.25, -0.2) is 14.4 Å². The minimum atomic E-state index is -0.323. The Morgan fingerprint density at radius 1 is 1.04 bits per heavy atom. The number of carbonyl (C=O) groups excluding carboxylic acids is 1. The van der Waals surface area contributed by atoms with Crippen LogP contribution in [0.3, 0.4) is 0 Å². The van der Waals surface area contributed by atoms with Crippen LogP contribution in [0.25, 0.3) is 0 Å². The van der Waals surface area contributed by atoms with Gasteiger partial charge < -0.3 is 10.6 Å². The lowest BCUT2D eigenvalue weighted by Gasteiger charge is -2.08. The molecule has 25 heavy (non-hydrogen) atoms. The van der Waals surface area contributed by atoms with Crippen LogP contribution >= 0.6 is 0 Å². The Labute approximate surface area is 145 Å². The maximum Gasteiger partial charge on any atom is 0.270 e. The quantitative estimate of drug-likeness (QED) is 0.747. The summed E-state index contributed by atoms with van der Waals surface area (Å²) in [5, 5.41) is 5.76. The number of anilines is 2. The molecular weight excluding hydrogens is 319 g/mol. The molecule has 0 atom stereocenters. The van der Waals surface area contributed by atoms with E-state index in [9.17, 15) is 9.18 Å². The van der Waals surface area contributed by atoms with E-state index in [1.54, 1.807) is 18.2 Å². The molecule has 0 saturated carbocycles. The summed E-state index contributed by atoms with van der Waals surface area (Å²) in [6, 6.07) is 15.3. The molecule has 3 rings (SSSR count). The molecule has 1 heterocycles. The SMILES string of the molecule is Cc1ccc(CNC(=O)c2ccnc(Nc3ccc(F)cc3)n2)cc1. The van der Waals surface area contributed by atoms with Crippen molar-refractivity contribution in [3.63, 3.8) is 0 Å². The second-order valence-electron chi connectivity index (χ2n) is 5.57. The van der Waals surface area contributed by atoms with Crippen LogP contribution in [0.5, 0.6) is 0 Å². The predicted molar refractivity (Wildman–Crippen MR) is 94.1 cm³/mol. The van der Waals surface area contributed by atoms with E-state index >= 15 is 0 Å². The molecule has 1 aromatic heterocycles. The maximum atomic E-state index is 12.9. The van der Waals surface area contributed by atoms with Crippen LogP contribution in [-0.2, 0) is 6.54 Å². The van der Waals surface area contributed by atoms with E-state index in [1.807, 2.05) is 31.2 Å². The number of nitrogens with zero attached hydrogens (tertiary/aromatic N) is 2. The number of hydrogen-bond donors (Lipinski definition) is 2. The highest BCUT2D eigenvalue weighted by atomic mass is 19.1. The van der Waals surface area contributed by atoms with E-state index in [0.717, 1.165) is 5.56 Å². The zero-order valence-corrected chi connectivity index (χ0v) is 13.7. The lowest BCUT2D eigenvalue weighted by Crippen LogP contribution is -2.24. The third kappa shape index (κ3) is 4.60. The highest BCUT2D eigenvalue weighted by Crippen LogP contribution is 2.13. The van der Waals surface area contributed by atoms with E-state index in [2.05, 4.69) is 20.6 Å². The Kier molecular flexibility index (Phi) is 4.99. The fraction of sp³-hybridized carbons (Fsp3) is 0.105. The first-order chi connectivity index (χ1) is 12.1. The molecule has 0 radical (unpaired) electrons. The second-order valence-corrected chi connectivity index (χ2v) is 5.57. The molecule has 0 aliphatic carbocycles. The molecule has 0 unspecified atom stereocenters. The van der Waals surface area contributed by atoms with Gasteiger partial charge in [-0.1, -0.05) is 29.8 Å². The monoisotopic (exact) mass is 336 g/mol. The van der Waals surface area contributed by atoms with Crippen molar-refractivity contribution in [3.8, 4) is 0 Å². The van der Waals surface area contributed by atoms with Crippen LogP contribution in [0.15, 0.2) is 60.8 Å². The number of halogens is 1. The normalized spacial score (nSPS) is 10.3. The minimum Gasteiger partial charge on any atom is -0.347 e. The predicted octanol–water partition coefficient (Wildman–Crippen LogP) is 3.60. The molecule has 0 saturated heterocycles. The van der Waals surface area contributed by atoms with Crippen LogP contribution in [0.4, 0.5) is 16.0 Å². The summed E-state index contributed by atoms with van der Waals surface area (Å²) >= 11 is 0. The maximum absolute atomic E-state index is 12.9. The molecular formula is C19H17FN4O. The summed E-state index contributed by atoms with van der Waals surface area (Å²) in [5.41, 5.74) is 3.07. The first kappa shape index (κ1) is 16.6. The van der Waals surface area contributed by atoms with Gasteiger partial charge in [-0.15, -0.1) is 0 Å². The van der Waals surface area contributed by atoms with E-state index in [-0.39, 0.29) is 23.4 Å². The van der Waals surface area contributed by atoms with Gasteiger partial charge in [-0.05, 0) is 42.8 Å². The van der Waals surface area contributed by atoms with Crippen molar-refractivity contribution in [2.24, 2.45) is 0 Å². The second kappa shape index (κ2) is 7.53. The molecule has 126 valence electrons. The number of carbonyl (C=O) groups is 1. The standard InChI is InChI=1S/C19H17FN4O/c1-13-2-4-14(5-3-13)12-22-18(25)17-10-11-21-19(24-17)23-16-8-6-15(20)7-9-16/h2-11H,12H2,1H3,(H,22,25)(H,21,23,24). The Morgan fingerprint density at radius 2 is 1.76 bits per heavy atom. The van der Waals surface area contributed by atoms with Gasteiger partial charge in [0, 0.05) is 18.4 Å². The lowest BCUT2D eigenvalue weighted by atomic mass is 10.1. The lowest BCUT2D eigenvalue weighted by molar-refractivity contribution is 0.0946. The van der Waals surface area contributed by atoms with Gasteiger partial charge in [-0.2, -0.15) is 0 Å². The number of hydrogen-bond acceptors (Lipinski definition) is 4. The van der Waals surface area contributed by atoms with Gasteiger partial charge in [0.25, 0.3) is 5.91 Å². The van der Waals surface area contributed by atoms with Crippen molar-refractivity contribution < 1.29 is 9.18 Å². The molecule has 0 fully saturated rings. The molecule has 0 aliphatic heterocycles. The van der Waals surface area contributed by atoms with Crippen LogP contribution < -0.4 is 10.6 Å². The topological polar surface area (TPSA) is 66.9 Å². The highest BCUT2D eigenvalue weighted by molar-refractivity contribution is 5.92. The van der Waals surface area contributed by atoms with E-state index < -0.39 is 0 Å². The van der Waals surface area contributed by atoms with Crippen molar-refractivity contribution in [2.75, 3.05) is 5.32 Å².